The van der Waals surface area contributed by atoms with Crippen LogP contribution in [0.25, 0.3) is 0 Å². The lowest BCUT2D eigenvalue weighted by Gasteiger charge is -2.09. The first-order chi connectivity index (χ1) is 8.99. The number of carbonyl (C=O) groups is 1. The molecule has 0 atom stereocenters. The monoisotopic (exact) mass is 260 g/mol. The van der Waals surface area contributed by atoms with Gasteiger partial charge < -0.3 is 11.1 Å². The molecule has 0 aliphatic carbocycles. The Balaban J connectivity index is 2.28. The van der Waals surface area contributed by atoms with Gasteiger partial charge in [-0.1, -0.05) is 0 Å². The second-order valence-electron chi connectivity index (χ2n) is 4.10. The summed E-state index contributed by atoms with van der Waals surface area (Å²) in [5.74, 6) is -1.70. The van der Waals surface area contributed by atoms with Crippen LogP contribution in [0.1, 0.15) is 21.7 Å². The van der Waals surface area contributed by atoms with Gasteiger partial charge in [-0.15, -0.1) is 0 Å². The molecule has 2 heterocycles. The van der Waals surface area contributed by atoms with Crippen LogP contribution in [-0.4, -0.2) is 15.9 Å². The van der Waals surface area contributed by atoms with Gasteiger partial charge in [0.05, 0.1) is 16.9 Å². The molecule has 0 radical (unpaired) electrons. The zero-order valence-corrected chi connectivity index (χ0v) is 10.6. The zero-order valence-electron chi connectivity index (χ0n) is 10.6. The van der Waals surface area contributed by atoms with Gasteiger partial charge >= 0.3 is 0 Å². The highest BCUT2D eigenvalue weighted by Crippen LogP contribution is 2.17. The summed E-state index contributed by atoms with van der Waals surface area (Å²) in [7, 11) is 0. The molecule has 2 aromatic heterocycles. The summed E-state index contributed by atoms with van der Waals surface area (Å²) < 4.78 is 13.7. The molecular formula is C13H13FN4O. The first-order valence-electron chi connectivity index (χ1n) is 5.64. The molecule has 98 valence electrons. The summed E-state index contributed by atoms with van der Waals surface area (Å²) >= 11 is 0. The summed E-state index contributed by atoms with van der Waals surface area (Å²) in [4.78, 5) is 19.7. The van der Waals surface area contributed by atoms with Gasteiger partial charge in [-0.05, 0) is 32.0 Å². The SMILES string of the molecule is Cc1ccc(NC(=O)c2ccnc(N)c2F)c(C)n1. The van der Waals surface area contributed by atoms with E-state index in [9.17, 15) is 9.18 Å². The van der Waals surface area contributed by atoms with Gasteiger partial charge in [-0.25, -0.2) is 9.37 Å². The molecule has 3 N–H and O–H groups in total. The first-order valence-corrected chi connectivity index (χ1v) is 5.64. The van der Waals surface area contributed by atoms with Crippen LogP contribution >= 0.6 is 0 Å². The van der Waals surface area contributed by atoms with Crippen molar-refractivity contribution in [3.63, 3.8) is 0 Å². The van der Waals surface area contributed by atoms with Crippen LogP contribution in [0.5, 0.6) is 0 Å². The summed E-state index contributed by atoms with van der Waals surface area (Å²) in [6, 6.07) is 4.76. The average molecular weight is 260 g/mol. The van der Waals surface area contributed by atoms with Crippen molar-refractivity contribution >= 4 is 17.4 Å². The highest BCUT2D eigenvalue weighted by atomic mass is 19.1. The second-order valence-corrected chi connectivity index (χ2v) is 4.10. The summed E-state index contributed by atoms with van der Waals surface area (Å²) in [5, 5.41) is 2.60. The van der Waals surface area contributed by atoms with Gasteiger partial charge in [-0.2, -0.15) is 0 Å². The number of aromatic nitrogens is 2. The van der Waals surface area contributed by atoms with Crippen molar-refractivity contribution < 1.29 is 9.18 Å². The minimum Gasteiger partial charge on any atom is -0.381 e. The van der Waals surface area contributed by atoms with Gasteiger partial charge in [0.1, 0.15) is 0 Å². The van der Waals surface area contributed by atoms with Crippen LogP contribution in [0.3, 0.4) is 0 Å². The molecule has 1 amide bonds. The minimum atomic E-state index is -0.822. The Labute approximate surface area is 109 Å². The van der Waals surface area contributed by atoms with Crippen molar-refractivity contribution in [3.8, 4) is 0 Å². The van der Waals surface area contributed by atoms with Crippen LogP contribution in [0.15, 0.2) is 24.4 Å². The quantitative estimate of drug-likeness (QED) is 0.866. The summed E-state index contributed by atoms with van der Waals surface area (Å²) in [5.41, 5.74) is 7.22. The van der Waals surface area contributed by atoms with E-state index in [-0.39, 0.29) is 11.4 Å². The number of amides is 1. The third-order valence-electron chi connectivity index (χ3n) is 2.63. The first kappa shape index (κ1) is 12.9. The topological polar surface area (TPSA) is 80.9 Å². The minimum absolute atomic E-state index is 0.146. The van der Waals surface area contributed by atoms with Gasteiger partial charge in [0.25, 0.3) is 5.91 Å². The van der Waals surface area contributed by atoms with Gasteiger partial charge in [-0.3, -0.25) is 9.78 Å². The highest BCUT2D eigenvalue weighted by molar-refractivity contribution is 6.05. The molecule has 0 fully saturated rings. The van der Waals surface area contributed by atoms with Crippen molar-refractivity contribution in [2.75, 3.05) is 11.1 Å². The lowest BCUT2D eigenvalue weighted by Crippen LogP contribution is -2.16. The fourth-order valence-corrected chi connectivity index (χ4v) is 1.64. The number of hydrogen-bond acceptors (Lipinski definition) is 4. The Morgan fingerprint density at radius 1 is 1.32 bits per heavy atom. The van der Waals surface area contributed by atoms with Crippen LogP contribution in [0, 0.1) is 19.7 Å². The predicted octanol–water partition coefficient (Wildman–Crippen LogP) is 2.07. The van der Waals surface area contributed by atoms with E-state index in [1.807, 2.05) is 6.92 Å². The van der Waals surface area contributed by atoms with E-state index >= 15 is 0 Å². The van der Waals surface area contributed by atoms with Gasteiger partial charge in [0, 0.05) is 11.9 Å². The number of nitrogens with one attached hydrogen (secondary N) is 1. The van der Waals surface area contributed by atoms with E-state index < -0.39 is 11.7 Å². The average Bonchev–Trinajstić information content (AvgIpc) is 2.36. The van der Waals surface area contributed by atoms with E-state index in [0.29, 0.717) is 11.4 Å². The number of aryl methyl sites for hydroxylation is 2. The fraction of sp³-hybridized carbons (Fsp3) is 0.154. The Morgan fingerprint density at radius 2 is 2.05 bits per heavy atom. The van der Waals surface area contributed by atoms with Crippen LogP contribution < -0.4 is 11.1 Å². The van der Waals surface area contributed by atoms with Crippen molar-refractivity contribution in [3.05, 3.63) is 47.2 Å². The number of nitrogens with two attached hydrogens (primary N) is 1. The van der Waals surface area contributed by atoms with Crippen molar-refractivity contribution in [2.45, 2.75) is 13.8 Å². The fourth-order valence-electron chi connectivity index (χ4n) is 1.64. The molecule has 0 spiro atoms. The molecule has 2 rings (SSSR count). The lowest BCUT2D eigenvalue weighted by molar-refractivity contribution is 0.102. The number of rotatable bonds is 2. The van der Waals surface area contributed by atoms with E-state index in [2.05, 4.69) is 15.3 Å². The van der Waals surface area contributed by atoms with Gasteiger partial charge in [0.15, 0.2) is 11.6 Å². The maximum absolute atomic E-state index is 13.7. The standard InChI is InChI=1S/C13H13FN4O/c1-7-3-4-10(8(2)17-7)18-13(19)9-5-6-16-12(15)11(9)14/h3-6H,1-2H3,(H2,15,16)(H,18,19). The number of anilines is 2. The largest absolute Gasteiger partial charge is 0.381 e. The smallest absolute Gasteiger partial charge is 0.258 e. The highest BCUT2D eigenvalue weighted by Gasteiger charge is 2.15. The molecule has 0 aliphatic rings. The molecule has 0 aromatic carbocycles. The number of nitrogens with zero attached hydrogens (tertiary/aromatic N) is 2. The predicted molar refractivity (Wildman–Crippen MR) is 70.3 cm³/mol. The Bertz CT molecular complexity index is 643. The van der Waals surface area contributed by atoms with E-state index in [0.717, 1.165) is 5.69 Å². The molecule has 0 saturated heterocycles. The molecule has 0 unspecified atom stereocenters. The van der Waals surface area contributed by atoms with Crippen LogP contribution in [-0.2, 0) is 0 Å². The molecule has 0 saturated carbocycles. The third-order valence-corrected chi connectivity index (χ3v) is 2.63. The maximum atomic E-state index is 13.7. The number of halogens is 1. The second kappa shape index (κ2) is 5.01. The number of pyridine rings is 2. The van der Waals surface area contributed by atoms with Crippen molar-refractivity contribution in [1.29, 1.82) is 0 Å². The van der Waals surface area contributed by atoms with Gasteiger partial charge in [0.2, 0.25) is 0 Å². The van der Waals surface area contributed by atoms with E-state index in [4.69, 9.17) is 5.73 Å². The Kier molecular flexibility index (Phi) is 3.41. The molecule has 2 aromatic rings. The lowest BCUT2D eigenvalue weighted by atomic mass is 10.2. The molecule has 5 nitrogen and oxygen atoms in total. The zero-order chi connectivity index (χ0) is 14.0. The van der Waals surface area contributed by atoms with E-state index in [1.165, 1.54) is 12.3 Å². The molecule has 0 bridgehead atoms. The van der Waals surface area contributed by atoms with Crippen LogP contribution in [0.4, 0.5) is 15.9 Å². The van der Waals surface area contributed by atoms with Crippen LogP contribution in [0.2, 0.25) is 0 Å². The van der Waals surface area contributed by atoms with Crippen molar-refractivity contribution in [2.24, 2.45) is 0 Å². The summed E-state index contributed by atoms with van der Waals surface area (Å²) in [6.07, 6.45) is 1.29. The van der Waals surface area contributed by atoms with Crippen molar-refractivity contribution in [1.82, 2.24) is 9.97 Å². The molecule has 6 heteroatoms. The molecule has 0 aliphatic heterocycles. The Morgan fingerprint density at radius 3 is 2.74 bits per heavy atom. The third kappa shape index (κ3) is 2.67. The maximum Gasteiger partial charge on any atom is 0.258 e. The normalized spacial score (nSPS) is 10.3. The Hall–Kier alpha value is -2.50. The van der Waals surface area contributed by atoms with E-state index in [1.54, 1.807) is 19.1 Å². The number of hydrogen-bond donors (Lipinski definition) is 2. The summed E-state index contributed by atoms with van der Waals surface area (Å²) in [6.45, 7) is 3.61. The number of carbonyl (C=O) groups excluding carboxylic acids is 1. The molecule has 19 heavy (non-hydrogen) atoms. The number of nitrogen functional groups attached to an aromatic ring is 1. The molecular weight excluding hydrogens is 247 g/mol.